The third-order valence-corrected chi connectivity index (χ3v) is 4.33. The highest BCUT2D eigenvalue weighted by molar-refractivity contribution is 5.52. The van der Waals surface area contributed by atoms with Gasteiger partial charge in [0.05, 0.1) is 0 Å². The Labute approximate surface area is 119 Å². The van der Waals surface area contributed by atoms with Crippen molar-refractivity contribution in [1.29, 1.82) is 0 Å². The summed E-state index contributed by atoms with van der Waals surface area (Å²) in [7, 11) is 0. The molecule has 2 heteroatoms. The Morgan fingerprint density at radius 2 is 1.75 bits per heavy atom. The lowest BCUT2D eigenvalue weighted by molar-refractivity contribution is 0.373. The standard InChI is InChI=1S/C18H20FN/c1-12-5-3-4-6-17(12)14-9-16(10-14)20-18-11-15(19)8-7-13(18)2/h3-8,11,14,16,20H,9-10H2,1-2H3. The molecule has 0 aliphatic heterocycles. The summed E-state index contributed by atoms with van der Waals surface area (Å²) >= 11 is 0. The predicted octanol–water partition coefficient (Wildman–Crippen LogP) is 4.80. The lowest BCUT2D eigenvalue weighted by Gasteiger charge is -2.38. The van der Waals surface area contributed by atoms with Crippen LogP contribution in [-0.2, 0) is 0 Å². The monoisotopic (exact) mass is 269 g/mol. The van der Waals surface area contributed by atoms with E-state index in [1.54, 1.807) is 6.07 Å². The molecule has 2 aromatic rings. The van der Waals surface area contributed by atoms with E-state index in [1.165, 1.54) is 17.2 Å². The van der Waals surface area contributed by atoms with Crippen molar-refractivity contribution in [2.24, 2.45) is 0 Å². The van der Waals surface area contributed by atoms with Crippen LogP contribution in [0.5, 0.6) is 0 Å². The summed E-state index contributed by atoms with van der Waals surface area (Å²) in [6.07, 6.45) is 2.25. The first-order chi connectivity index (χ1) is 9.63. The van der Waals surface area contributed by atoms with Crippen LogP contribution in [0.4, 0.5) is 10.1 Å². The van der Waals surface area contributed by atoms with Gasteiger partial charge in [-0.3, -0.25) is 0 Å². The zero-order valence-corrected chi connectivity index (χ0v) is 12.0. The van der Waals surface area contributed by atoms with Crippen LogP contribution in [0.1, 0.15) is 35.4 Å². The molecule has 20 heavy (non-hydrogen) atoms. The number of anilines is 1. The topological polar surface area (TPSA) is 12.0 Å². The van der Waals surface area contributed by atoms with Crippen molar-refractivity contribution >= 4 is 5.69 Å². The van der Waals surface area contributed by atoms with Crippen LogP contribution in [0, 0.1) is 19.7 Å². The van der Waals surface area contributed by atoms with Crippen LogP contribution in [0.15, 0.2) is 42.5 Å². The van der Waals surface area contributed by atoms with Crippen molar-refractivity contribution < 1.29 is 4.39 Å². The van der Waals surface area contributed by atoms with E-state index in [4.69, 9.17) is 0 Å². The first kappa shape index (κ1) is 13.2. The number of rotatable bonds is 3. The van der Waals surface area contributed by atoms with Gasteiger partial charge in [0.15, 0.2) is 0 Å². The van der Waals surface area contributed by atoms with E-state index in [1.807, 2.05) is 13.0 Å². The highest BCUT2D eigenvalue weighted by Gasteiger charge is 2.31. The highest BCUT2D eigenvalue weighted by Crippen LogP contribution is 2.40. The third kappa shape index (κ3) is 2.55. The summed E-state index contributed by atoms with van der Waals surface area (Å²) < 4.78 is 13.3. The molecule has 0 bridgehead atoms. The largest absolute Gasteiger partial charge is 0.382 e. The number of halogens is 1. The summed E-state index contributed by atoms with van der Waals surface area (Å²) in [5, 5.41) is 3.47. The molecule has 0 heterocycles. The normalized spacial score (nSPS) is 21.4. The third-order valence-electron chi connectivity index (χ3n) is 4.33. The molecule has 0 saturated heterocycles. The second-order valence-electron chi connectivity index (χ2n) is 5.83. The average Bonchev–Trinajstić information content (AvgIpc) is 2.38. The predicted molar refractivity (Wildman–Crippen MR) is 81.7 cm³/mol. The van der Waals surface area contributed by atoms with E-state index >= 15 is 0 Å². The van der Waals surface area contributed by atoms with Gasteiger partial charge in [-0.15, -0.1) is 0 Å². The van der Waals surface area contributed by atoms with Gasteiger partial charge in [-0.2, -0.15) is 0 Å². The number of aryl methyl sites for hydroxylation is 2. The molecule has 3 rings (SSSR count). The van der Waals surface area contributed by atoms with Gasteiger partial charge in [0.1, 0.15) is 5.82 Å². The van der Waals surface area contributed by atoms with Crippen LogP contribution in [0.2, 0.25) is 0 Å². The van der Waals surface area contributed by atoms with E-state index < -0.39 is 0 Å². The molecule has 0 aromatic heterocycles. The fraction of sp³-hybridized carbons (Fsp3) is 0.333. The second kappa shape index (κ2) is 5.28. The average molecular weight is 269 g/mol. The summed E-state index contributed by atoms with van der Waals surface area (Å²) in [5.74, 6) is 0.468. The van der Waals surface area contributed by atoms with Gasteiger partial charge >= 0.3 is 0 Å². The summed E-state index contributed by atoms with van der Waals surface area (Å²) in [6, 6.07) is 14.0. The highest BCUT2D eigenvalue weighted by atomic mass is 19.1. The Balaban J connectivity index is 1.64. The molecule has 0 spiro atoms. The summed E-state index contributed by atoms with van der Waals surface area (Å²) in [6.45, 7) is 4.19. The molecule has 0 amide bonds. The van der Waals surface area contributed by atoms with Gasteiger partial charge in [-0.1, -0.05) is 30.3 Å². The molecule has 1 saturated carbocycles. The summed E-state index contributed by atoms with van der Waals surface area (Å²) in [4.78, 5) is 0. The Hall–Kier alpha value is -1.83. The van der Waals surface area contributed by atoms with Crippen LogP contribution in [0.3, 0.4) is 0 Å². The number of benzene rings is 2. The van der Waals surface area contributed by atoms with E-state index in [2.05, 4.69) is 36.5 Å². The Morgan fingerprint density at radius 1 is 1.00 bits per heavy atom. The smallest absolute Gasteiger partial charge is 0.125 e. The van der Waals surface area contributed by atoms with Gasteiger partial charge in [0.25, 0.3) is 0 Å². The SMILES string of the molecule is Cc1ccc(F)cc1NC1CC(c2ccccc2C)C1. The van der Waals surface area contributed by atoms with Gasteiger partial charge < -0.3 is 5.32 Å². The molecule has 2 aromatic carbocycles. The Kier molecular flexibility index (Phi) is 3.47. The van der Waals surface area contributed by atoms with Gasteiger partial charge in [0, 0.05) is 11.7 Å². The minimum Gasteiger partial charge on any atom is -0.382 e. The lowest BCUT2D eigenvalue weighted by Crippen LogP contribution is -2.34. The first-order valence-corrected chi connectivity index (χ1v) is 7.21. The van der Waals surface area contributed by atoms with Crippen molar-refractivity contribution in [2.75, 3.05) is 5.32 Å². The quantitative estimate of drug-likeness (QED) is 0.844. The van der Waals surface area contributed by atoms with Crippen molar-refractivity contribution in [3.8, 4) is 0 Å². The van der Waals surface area contributed by atoms with Gasteiger partial charge in [-0.05, 0) is 61.4 Å². The minimum absolute atomic E-state index is 0.173. The number of hydrogen-bond donors (Lipinski definition) is 1. The van der Waals surface area contributed by atoms with Crippen molar-refractivity contribution in [3.05, 3.63) is 65.0 Å². The van der Waals surface area contributed by atoms with Crippen LogP contribution >= 0.6 is 0 Å². The molecule has 1 aliphatic carbocycles. The summed E-state index contributed by atoms with van der Waals surface area (Å²) in [5.41, 5.74) is 4.86. The maximum atomic E-state index is 13.3. The van der Waals surface area contributed by atoms with E-state index in [0.717, 1.165) is 24.1 Å². The first-order valence-electron chi connectivity index (χ1n) is 7.21. The zero-order chi connectivity index (χ0) is 14.1. The fourth-order valence-corrected chi connectivity index (χ4v) is 3.00. The number of nitrogens with one attached hydrogen (secondary N) is 1. The molecule has 1 aliphatic rings. The van der Waals surface area contributed by atoms with E-state index in [-0.39, 0.29) is 5.82 Å². The molecular weight excluding hydrogens is 249 g/mol. The molecule has 0 unspecified atom stereocenters. The maximum absolute atomic E-state index is 13.3. The minimum atomic E-state index is -0.173. The second-order valence-corrected chi connectivity index (χ2v) is 5.83. The van der Waals surface area contributed by atoms with Crippen molar-refractivity contribution in [3.63, 3.8) is 0 Å². The lowest BCUT2D eigenvalue weighted by atomic mass is 9.74. The van der Waals surface area contributed by atoms with Gasteiger partial charge in [-0.25, -0.2) is 4.39 Å². The molecule has 1 fully saturated rings. The van der Waals surface area contributed by atoms with Crippen LogP contribution < -0.4 is 5.32 Å². The Morgan fingerprint density at radius 3 is 2.50 bits per heavy atom. The molecule has 104 valence electrons. The number of hydrogen-bond acceptors (Lipinski definition) is 1. The molecule has 0 atom stereocenters. The van der Waals surface area contributed by atoms with E-state index in [9.17, 15) is 4.39 Å². The molecule has 1 nitrogen and oxygen atoms in total. The molecular formula is C18H20FN. The molecule has 1 N–H and O–H groups in total. The van der Waals surface area contributed by atoms with Crippen molar-refractivity contribution in [2.45, 2.75) is 38.6 Å². The van der Waals surface area contributed by atoms with Gasteiger partial charge in [0.2, 0.25) is 0 Å². The van der Waals surface area contributed by atoms with Crippen molar-refractivity contribution in [1.82, 2.24) is 0 Å². The zero-order valence-electron chi connectivity index (χ0n) is 12.0. The molecule has 0 radical (unpaired) electrons. The van der Waals surface area contributed by atoms with Crippen LogP contribution in [-0.4, -0.2) is 6.04 Å². The Bertz CT molecular complexity index is 615. The van der Waals surface area contributed by atoms with Crippen LogP contribution in [0.25, 0.3) is 0 Å². The van der Waals surface area contributed by atoms with E-state index in [0.29, 0.717) is 12.0 Å². The fourth-order valence-electron chi connectivity index (χ4n) is 3.00. The maximum Gasteiger partial charge on any atom is 0.125 e.